The maximum absolute atomic E-state index is 10.2. The topological polar surface area (TPSA) is 70.7 Å². The zero-order valence-electron chi connectivity index (χ0n) is 9.00. The summed E-state index contributed by atoms with van der Waals surface area (Å²) in [6.07, 6.45) is 6.65. The number of hydrogen-bond acceptors (Lipinski definition) is 3. The molecule has 0 aliphatic carbocycles. The van der Waals surface area contributed by atoms with E-state index in [1.807, 2.05) is 12.2 Å². The summed E-state index contributed by atoms with van der Waals surface area (Å²) in [5.74, 6) is -0.223. The van der Waals surface area contributed by atoms with E-state index in [1.54, 1.807) is 12.1 Å². The predicted molar refractivity (Wildman–Crippen MR) is 58.9 cm³/mol. The Kier molecular flexibility index (Phi) is 5.36. The van der Waals surface area contributed by atoms with Gasteiger partial charge in [0.25, 0.3) is 0 Å². The van der Waals surface area contributed by atoms with Gasteiger partial charge in [0.15, 0.2) is 0 Å². The van der Waals surface area contributed by atoms with Crippen LogP contribution in [0.5, 0.6) is 0 Å². The van der Waals surface area contributed by atoms with Gasteiger partial charge >= 0.3 is 5.97 Å². The van der Waals surface area contributed by atoms with Crippen LogP contribution in [0.25, 0.3) is 0 Å². The highest BCUT2D eigenvalue weighted by molar-refractivity contribution is 5.66. The van der Waals surface area contributed by atoms with Crippen LogP contribution in [0.3, 0.4) is 0 Å². The van der Waals surface area contributed by atoms with Gasteiger partial charge in [0.2, 0.25) is 0 Å². The van der Waals surface area contributed by atoms with Crippen molar-refractivity contribution in [3.05, 3.63) is 36.3 Å². The molecule has 1 aromatic heterocycles. The Labute approximate surface area is 94.2 Å². The van der Waals surface area contributed by atoms with Crippen molar-refractivity contribution in [3.63, 3.8) is 0 Å². The van der Waals surface area contributed by atoms with Gasteiger partial charge in [-0.25, -0.2) is 0 Å². The van der Waals surface area contributed by atoms with Crippen molar-refractivity contribution in [1.29, 1.82) is 0 Å². The van der Waals surface area contributed by atoms with Crippen molar-refractivity contribution in [2.24, 2.45) is 0 Å². The Hall–Kier alpha value is -1.55. The van der Waals surface area contributed by atoms with Crippen LogP contribution in [0.1, 0.15) is 37.5 Å². The molecule has 1 rings (SSSR count). The fraction of sp³-hybridized carbons (Fsp3) is 0.417. The summed E-state index contributed by atoms with van der Waals surface area (Å²) in [4.78, 5) is 10.2. The van der Waals surface area contributed by atoms with Crippen molar-refractivity contribution < 1.29 is 19.4 Å². The van der Waals surface area contributed by atoms with Crippen molar-refractivity contribution in [2.75, 3.05) is 0 Å². The SMILES string of the molecule is O=C(O)CCC/C=C\CC(O)c1ccco1. The minimum absolute atomic E-state index is 0.186. The minimum atomic E-state index is -0.774. The average molecular weight is 224 g/mol. The first-order valence-electron chi connectivity index (χ1n) is 5.28. The number of carboxylic acids is 1. The molecule has 0 aromatic carbocycles. The number of unbranched alkanes of at least 4 members (excludes halogenated alkanes) is 1. The number of hydrogen-bond donors (Lipinski definition) is 2. The second-order valence-electron chi connectivity index (χ2n) is 3.52. The molecule has 16 heavy (non-hydrogen) atoms. The molecule has 0 radical (unpaired) electrons. The molecular formula is C12H16O4. The van der Waals surface area contributed by atoms with Crippen molar-refractivity contribution >= 4 is 5.97 Å². The van der Waals surface area contributed by atoms with Gasteiger partial charge < -0.3 is 14.6 Å². The molecule has 1 unspecified atom stereocenters. The summed E-state index contributed by atoms with van der Waals surface area (Å²) in [6.45, 7) is 0. The van der Waals surface area contributed by atoms with Gasteiger partial charge in [0.1, 0.15) is 11.9 Å². The quantitative estimate of drug-likeness (QED) is 0.551. The first-order chi connectivity index (χ1) is 7.70. The summed E-state index contributed by atoms with van der Waals surface area (Å²) in [6, 6.07) is 3.46. The van der Waals surface area contributed by atoms with Crippen LogP contribution in [-0.2, 0) is 4.79 Å². The van der Waals surface area contributed by atoms with Crippen molar-refractivity contribution in [2.45, 2.75) is 31.8 Å². The molecular weight excluding hydrogens is 208 g/mol. The molecule has 0 fully saturated rings. The maximum atomic E-state index is 10.2. The number of aliphatic carboxylic acids is 1. The van der Waals surface area contributed by atoms with E-state index in [9.17, 15) is 9.90 Å². The van der Waals surface area contributed by atoms with Gasteiger partial charge in [-0.2, -0.15) is 0 Å². The lowest BCUT2D eigenvalue weighted by Gasteiger charge is -2.02. The first-order valence-corrected chi connectivity index (χ1v) is 5.28. The van der Waals surface area contributed by atoms with E-state index in [4.69, 9.17) is 9.52 Å². The highest BCUT2D eigenvalue weighted by Crippen LogP contribution is 2.17. The van der Waals surface area contributed by atoms with Crippen LogP contribution in [-0.4, -0.2) is 16.2 Å². The number of aliphatic hydroxyl groups is 1. The number of carboxylic acid groups (broad SMARTS) is 1. The van der Waals surface area contributed by atoms with Crippen LogP contribution >= 0.6 is 0 Å². The van der Waals surface area contributed by atoms with E-state index >= 15 is 0 Å². The molecule has 0 bridgehead atoms. The largest absolute Gasteiger partial charge is 0.481 e. The van der Waals surface area contributed by atoms with E-state index in [-0.39, 0.29) is 6.42 Å². The van der Waals surface area contributed by atoms with Crippen LogP contribution in [0.2, 0.25) is 0 Å². The van der Waals surface area contributed by atoms with E-state index < -0.39 is 12.1 Å². The molecule has 1 aromatic rings. The molecule has 4 heteroatoms. The number of allylic oxidation sites excluding steroid dienone is 1. The van der Waals surface area contributed by atoms with Crippen LogP contribution < -0.4 is 0 Å². The van der Waals surface area contributed by atoms with Crippen LogP contribution in [0, 0.1) is 0 Å². The molecule has 1 atom stereocenters. The molecule has 0 aliphatic rings. The third kappa shape index (κ3) is 4.79. The number of furan rings is 1. The zero-order chi connectivity index (χ0) is 11.8. The molecule has 0 saturated heterocycles. The summed E-state index contributed by atoms with van der Waals surface area (Å²) in [5.41, 5.74) is 0. The third-order valence-corrected chi connectivity index (χ3v) is 2.16. The standard InChI is InChI=1S/C12H16O4/c13-10(11-7-5-9-16-11)6-3-1-2-4-8-12(14)15/h1,3,5,7,9-10,13H,2,4,6,8H2,(H,14,15)/b3-1-. The summed E-state index contributed by atoms with van der Waals surface area (Å²) >= 11 is 0. The lowest BCUT2D eigenvalue weighted by Crippen LogP contribution is -1.93. The van der Waals surface area contributed by atoms with Gasteiger partial charge in [-0.3, -0.25) is 4.79 Å². The molecule has 2 N–H and O–H groups in total. The van der Waals surface area contributed by atoms with Gasteiger partial charge in [0.05, 0.1) is 6.26 Å². The lowest BCUT2D eigenvalue weighted by atomic mass is 10.1. The highest BCUT2D eigenvalue weighted by Gasteiger charge is 2.07. The summed E-state index contributed by atoms with van der Waals surface area (Å²) < 4.78 is 5.04. The number of carbonyl (C=O) groups is 1. The fourth-order valence-electron chi connectivity index (χ4n) is 1.31. The van der Waals surface area contributed by atoms with Crippen LogP contribution in [0.4, 0.5) is 0 Å². The minimum Gasteiger partial charge on any atom is -0.481 e. The highest BCUT2D eigenvalue weighted by atomic mass is 16.4. The Morgan fingerprint density at radius 2 is 2.31 bits per heavy atom. The van der Waals surface area contributed by atoms with Crippen molar-refractivity contribution in [3.8, 4) is 0 Å². The van der Waals surface area contributed by atoms with Gasteiger partial charge in [0, 0.05) is 6.42 Å². The zero-order valence-corrected chi connectivity index (χ0v) is 9.00. The maximum Gasteiger partial charge on any atom is 0.303 e. The Morgan fingerprint density at radius 3 is 2.94 bits per heavy atom. The van der Waals surface area contributed by atoms with E-state index in [0.717, 1.165) is 6.42 Å². The van der Waals surface area contributed by atoms with Crippen LogP contribution in [0.15, 0.2) is 35.0 Å². The fourth-order valence-corrected chi connectivity index (χ4v) is 1.31. The second-order valence-corrected chi connectivity index (χ2v) is 3.52. The lowest BCUT2D eigenvalue weighted by molar-refractivity contribution is -0.137. The normalized spacial score (nSPS) is 13.1. The Morgan fingerprint density at radius 1 is 1.50 bits per heavy atom. The summed E-state index contributed by atoms with van der Waals surface area (Å²) in [7, 11) is 0. The second kappa shape index (κ2) is 6.85. The summed E-state index contributed by atoms with van der Waals surface area (Å²) in [5, 5.41) is 18.0. The van der Waals surface area contributed by atoms with Gasteiger partial charge in [-0.15, -0.1) is 0 Å². The smallest absolute Gasteiger partial charge is 0.303 e. The first kappa shape index (κ1) is 12.5. The number of aliphatic hydroxyl groups excluding tert-OH is 1. The third-order valence-electron chi connectivity index (χ3n) is 2.16. The van der Waals surface area contributed by atoms with E-state index in [1.165, 1.54) is 6.26 Å². The molecule has 4 nitrogen and oxygen atoms in total. The molecule has 0 aliphatic heterocycles. The van der Waals surface area contributed by atoms with E-state index in [2.05, 4.69) is 0 Å². The van der Waals surface area contributed by atoms with Crippen molar-refractivity contribution in [1.82, 2.24) is 0 Å². The average Bonchev–Trinajstić information content (AvgIpc) is 2.75. The molecule has 0 saturated carbocycles. The van der Waals surface area contributed by atoms with Gasteiger partial charge in [-0.05, 0) is 31.4 Å². The Balaban J connectivity index is 2.14. The monoisotopic (exact) mass is 224 g/mol. The molecule has 0 amide bonds. The molecule has 88 valence electrons. The molecule has 1 heterocycles. The van der Waals surface area contributed by atoms with E-state index in [0.29, 0.717) is 18.6 Å². The van der Waals surface area contributed by atoms with Gasteiger partial charge in [-0.1, -0.05) is 12.2 Å². The molecule has 0 spiro atoms. The number of rotatable bonds is 7. The predicted octanol–water partition coefficient (Wildman–Crippen LogP) is 2.51. The Bertz CT molecular complexity index is 327.